The highest BCUT2D eigenvalue weighted by atomic mass is 79.9. The van der Waals surface area contributed by atoms with E-state index < -0.39 is 0 Å². The van der Waals surface area contributed by atoms with E-state index >= 15 is 0 Å². The van der Waals surface area contributed by atoms with E-state index in [-0.39, 0.29) is 24.3 Å². The monoisotopic (exact) mass is 449 g/mol. The average Bonchev–Trinajstić information content (AvgIpc) is 3.04. The zero-order chi connectivity index (χ0) is 19.8. The summed E-state index contributed by atoms with van der Waals surface area (Å²) in [5, 5.41) is 5.40. The first-order chi connectivity index (χ1) is 12.9. The van der Waals surface area contributed by atoms with Crippen LogP contribution in [0.2, 0.25) is 0 Å². The van der Waals surface area contributed by atoms with Gasteiger partial charge in [0.05, 0.1) is 3.79 Å². The Bertz CT molecular complexity index is 846. The van der Waals surface area contributed by atoms with Gasteiger partial charge in [0.15, 0.2) is 0 Å². The molecule has 1 aromatic carbocycles. The molecule has 0 spiro atoms. The summed E-state index contributed by atoms with van der Waals surface area (Å²) in [5.41, 5.74) is 1.24. The van der Waals surface area contributed by atoms with E-state index in [2.05, 4.69) is 26.6 Å². The topological polar surface area (TPSA) is 78.5 Å². The molecule has 0 aliphatic heterocycles. The predicted octanol–water partition coefficient (Wildman–Crippen LogP) is 3.97. The number of carbonyl (C=O) groups excluding carboxylic acids is 3. The molecule has 2 N–H and O–H groups in total. The molecule has 0 unspecified atom stereocenters. The minimum atomic E-state index is -0.287. The minimum absolute atomic E-state index is 0.0404. The van der Waals surface area contributed by atoms with E-state index in [1.165, 1.54) is 29.2 Å². The molecule has 0 bridgehead atoms. The highest BCUT2D eigenvalue weighted by molar-refractivity contribution is 9.11. The summed E-state index contributed by atoms with van der Waals surface area (Å²) in [6, 6.07) is 10.6. The molecule has 0 atom stereocenters. The number of thiophene rings is 1. The number of hydrogen-bond acceptors (Lipinski definition) is 4. The number of carbonyl (C=O) groups is 3. The maximum atomic E-state index is 12.3. The van der Waals surface area contributed by atoms with Gasteiger partial charge in [-0.05, 0) is 65.3 Å². The van der Waals surface area contributed by atoms with Crippen molar-refractivity contribution in [1.29, 1.82) is 0 Å². The van der Waals surface area contributed by atoms with Gasteiger partial charge in [0.2, 0.25) is 17.7 Å². The third-order valence-corrected chi connectivity index (χ3v) is 5.09. The zero-order valence-electron chi connectivity index (χ0n) is 15.0. The predicted molar refractivity (Wildman–Crippen MR) is 113 cm³/mol. The Morgan fingerprint density at radius 1 is 1.07 bits per heavy atom. The maximum absolute atomic E-state index is 12.3. The first-order valence-electron chi connectivity index (χ1n) is 8.27. The van der Waals surface area contributed by atoms with Crippen molar-refractivity contribution in [3.8, 4) is 0 Å². The van der Waals surface area contributed by atoms with Crippen molar-refractivity contribution in [3.05, 3.63) is 51.1 Å². The standard InChI is InChI=1S/C19H20BrN3O3S/c1-3-23(19(26)11-9-16-8-10-17(20)27-16)12-18(25)22-15-6-4-14(5-7-15)21-13(2)24/h4-11H,3,12H2,1-2H3,(H,21,24)(H,22,25)/b11-9+. The van der Waals surface area contributed by atoms with Gasteiger partial charge in [0, 0.05) is 35.8 Å². The molecule has 2 rings (SSSR count). The largest absolute Gasteiger partial charge is 0.330 e. The van der Waals surface area contributed by atoms with Gasteiger partial charge in [-0.1, -0.05) is 0 Å². The lowest BCUT2D eigenvalue weighted by atomic mass is 10.2. The summed E-state index contributed by atoms with van der Waals surface area (Å²) in [6.07, 6.45) is 3.20. The van der Waals surface area contributed by atoms with Crippen LogP contribution in [0, 0.1) is 0 Å². The molecule has 0 radical (unpaired) electrons. The van der Waals surface area contributed by atoms with Crippen molar-refractivity contribution >= 4 is 62.4 Å². The Balaban J connectivity index is 1.90. The van der Waals surface area contributed by atoms with Gasteiger partial charge < -0.3 is 15.5 Å². The number of halogens is 1. The maximum Gasteiger partial charge on any atom is 0.247 e. The summed E-state index contributed by atoms with van der Waals surface area (Å²) in [5.74, 6) is -0.672. The molecule has 6 nitrogen and oxygen atoms in total. The van der Waals surface area contributed by atoms with Crippen molar-refractivity contribution in [1.82, 2.24) is 4.90 Å². The molecule has 0 saturated carbocycles. The molecule has 1 heterocycles. The first-order valence-corrected chi connectivity index (χ1v) is 9.88. The van der Waals surface area contributed by atoms with Crippen LogP contribution in [-0.4, -0.2) is 35.7 Å². The number of amides is 3. The fraction of sp³-hybridized carbons (Fsp3) is 0.211. The van der Waals surface area contributed by atoms with Gasteiger partial charge in [0.25, 0.3) is 0 Å². The van der Waals surface area contributed by atoms with Gasteiger partial charge in [0.1, 0.15) is 6.54 Å². The summed E-state index contributed by atoms with van der Waals surface area (Å²) >= 11 is 4.90. The number of likely N-dealkylation sites (N-methyl/N-ethyl adjacent to an activating group) is 1. The lowest BCUT2D eigenvalue weighted by Crippen LogP contribution is -2.36. The van der Waals surface area contributed by atoms with Gasteiger partial charge in [-0.2, -0.15) is 0 Å². The van der Waals surface area contributed by atoms with Crippen LogP contribution in [0.3, 0.4) is 0 Å². The van der Waals surface area contributed by atoms with E-state index in [1.807, 2.05) is 19.1 Å². The second kappa shape index (κ2) is 10.0. The molecule has 3 amide bonds. The molecule has 0 aliphatic carbocycles. The lowest BCUT2D eigenvalue weighted by Gasteiger charge is -2.18. The third kappa shape index (κ3) is 6.99. The number of nitrogens with one attached hydrogen (secondary N) is 2. The van der Waals surface area contributed by atoms with Crippen LogP contribution in [0.4, 0.5) is 11.4 Å². The highest BCUT2D eigenvalue weighted by Gasteiger charge is 2.13. The van der Waals surface area contributed by atoms with Crippen molar-refractivity contribution in [3.63, 3.8) is 0 Å². The molecule has 8 heteroatoms. The average molecular weight is 450 g/mol. The normalized spacial score (nSPS) is 10.6. The molecule has 0 saturated heterocycles. The molecular weight excluding hydrogens is 430 g/mol. The molecular formula is C19H20BrN3O3S. The van der Waals surface area contributed by atoms with Crippen LogP contribution in [0.25, 0.3) is 6.08 Å². The van der Waals surface area contributed by atoms with E-state index in [1.54, 1.807) is 30.3 Å². The van der Waals surface area contributed by atoms with Crippen molar-refractivity contribution in [2.45, 2.75) is 13.8 Å². The Hall–Kier alpha value is -2.45. The molecule has 2 aromatic rings. The van der Waals surface area contributed by atoms with Crippen LogP contribution < -0.4 is 10.6 Å². The molecule has 1 aromatic heterocycles. The minimum Gasteiger partial charge on any atom is -0.330 e. The zero-order valence-corrected chi connectivity index (χ0v) is 17.4. The smallest absolute Gasteiger partial charge is 0.247 e. The fourth-order valence-corrected chi connectivity index (χ4v) is 3.56. The summed E-state index contributed by atoms with van der Waals surface area (Å²) in [7, 11) is 0. The molecule has 0 fully saturated rings. The SMILES string of the molecule is CCN(CC(=O)Nc1ccc(NC(C)=O)cc1)C(=O)/C=C/c1ccc(Br)s1. The van der Waals surface area contributed by atoms with Crippen LogP contribution in [0.15, 0.2) is 46.3 Å². The Morgan fingerprint density at radius 2 is 1.70 bits per heavy atom. The third-order valence-electron chi connectivity index (χ3n) is 3.50. The summed E-state index contributed by atoms with van der Waals surface area (Å²) in [4.78, 5) is 38.0. The van der Waals surface area contributed by atoms with Crippen molar-refractivity contribution < 1.29 is 14.4 Å². The molecule has 27 heavy (non-hydrogen) atoms. The first kappa shape index (κ1) is 20.9. The quantitative estimate of drug-likeness (QED) is 0.627. The van der Waals surface area contributed by atoms with Gasteiger partial charge in [-0.15, -0.1) is 11.3 Å². The van der Waals surface area contributed by atoms with E-state index in [0.717, 1.165) is 8.66 Å². The van der Waals surface area contributed by atoms with Gasteiger partial charge >= 0.3 is 0 Å². The van der Waals surface area contributed by atoms with E-state index in [4.69, 9.17) is 0 Å². The number of hydrogen-bond donors (Lipinski definition) is 2. The van der Waals surface area contributed by atoms with Gasteiger partial charge in [-0.25, -0.2) is 0 Å². The molecule has 142 valence electrons. The van der Waals surface area contributed by atoms with Crippen molar-refractivity contribution in [2.75, 3.05) is 23.7 Å². The highest BCUT2D eigenvalue weighted by Crippen LogP contribution is 2.23. The molecule has 0 aliphatic rings. The van der Waals surface area contributed by atoms with Crippen LogP contribution in [0.1, 0.15) is 18.7 Å². The number of nitrogens with zero attached hydrogens (tertiary/aromatic N) is 1. The number of benzene rings is 1. The second-order valence-electron chi connectivity index (χ2n) is 5.63. The summed E-state index contributed by atoms with van der Waals surface area (Å²) in [6.45, 7) is 3.63. The Morgan fingerprint density at radius 3 is 2.22 bits per heavy atom. The number of anilines is 2. The Labute approximate surface area is 170 Å². The second-order valence-corrected chi connectivity index (χ2v) is 8.13. The van der Waals surface area contributed by atoms with E-state index in [9.17, 15) is 14.4 Å². The summed E-state index contributed by atoms with van der Waals surface area (Å²) < 4.78 is 0.992. The van der Waals surface area contributed by atoms with Crippen molar-refractivity contribution in [2.24, 2.45) is 0 Å². The van der Waals surface area contributed by atoms with E-state index in [0.29, 0.717) is 17.9 Å². The fourth-order valence-electron chi connectivity index (χ4n) is 2.24. The number of rotatable bonds is 7. The van der Waals surface area contributed by atoms with Crippen LogP contribution >= 0.6 is 27.3 Å². The Kier molecular flexibility index (Phi) is 7.75. The van der Waals surface area contributed by atoms with Crippen LogP contribution in [0.5, 0.6) is 0 Å². The van der Waals surface area contributed by atoms with Gasteiger partial charge in [-0.3, -0.25) is 14.4 Å². The lowest BCUT2D eigenvalue weighted by molar-refractivity contribution is -0.130. The van der Waals surface area contributed by atoms with Crippen LogP contribution in [-0.2, 0) is 14.4 Å².